The number of nitrogen functional groups attached to an aromatic ring is 1. The van der Waals surface area contributed by atoms with Crippen molar-refractivity contribution in [2.45, 2.75) is 26.2 Å². The molecule has 1 aliphatic rings. The van der Waals surface area contributed by atoms with E-state index in [0.717, 1.165) is 31.0 Å². The summed E-state index contributed by atoms with van der Waals surface area (Å²) in [6.45, 7) is 5.56. The Morgan fingerprint density at radius 3 is 2.95 bits per heavy atom. The van der Waals surface area contributed by atoms with Crippen LogP contribution in [0.15, 0.2) is 6.20 Å². The number of rotatable bonds is 2. The average Bonchev–Trinajstić information content (AvgIpc) is 2.67. The average molecular weight is 280 g/mol. The van der Waals surface area contributed by atoms with Gasteiger partial charge in [0.15, 0.2) is 5.69 Å². The van der Waals surface area contributed by atoms with Crippen LogP contribution >= 0.6 is 11.8 Å². The number of amides is 1. The molecule has 2 rings (SSSR count). The molecule has 0 radical (unpaired) electrons. The molecule has 104 valence electrons. The zero-order valence-corrected chi connectivity index (χ0v) is 12.2. The summed E-state index contributed by atoms with van der Waals surface area (Å²) in [6.07, 6.45) is 2.57. The van der Waals surface area contributed by atoms with E-state index in [1.807, 2.05) is 30.5 Å². The maximum atomic E-state index is 12.5. The van der Waals surface area contributed by atoms with Crippen molar-refractivity contribution in [3.8, 4) is 0 Å². The van der Waals surface area contributed by atoms with Gasteiger partial charge < -0.3 is 10.6 Å². The van der Waals surface area contributed by atoms with E-state index in [-0.39, 0.29) is 11.8 Å². The molecule has 0 spiro atoms. The molecule has 0 saturated carbocycles. The van der Waals surface area contributed by atoms with Crippen molar-refractivity contribution in [2.24, 2.45) is 0 Å². The van der Waals surface area contributed by atoms with E-state index >= 15 is 0 Å². The summed E-state index contributed by atoms with van der Waals surface area (Å²) < 4.78 is 0. The fourth-order valence-corrected chi connectivity index (χ4v) is 2.84. The molecule has 0 atom stereocenters. The molecule has 5 nitrogen and oxygen atoms in total. The van der Waals surface area contributed by atoms with Crippen LogP contribution in [0.3, 0.4) is 0 Å². The molecular weight excluding hydrogens is 260 g/mol. The second-order valence-electron chi connectivity index (χ2n) is 4.94. The van der Waals surface area contributed by atoms with Crippen LogP contribution in [0.25, 0.3) is 0 Å². The lowest BCUT2D eigenvalue weighted by Gasteiger charge is -2.20. The minimum atomic E-state index is -0.0655. The fraction of sp³-hybridized carbons (Fsp3) is 0.615. The summed E-state index contributed by atoms with van der Waals surface area (Å²) in [5.74, 6) is 2.88. The Kier molecular flexibility index (Phi) is 4.63. The zero-order chi connectivity index (χ0) is 13.8. The second kappa shape index (κ2) is 6.23. The van der Waals surface area contributed by atoms with Gasteiger partial charge in [0.1, 0.15) is 5.82 Å². The summed E-state index contributed by atoms with van der Waals surface area (Å²) in [4.78, 5) is 22.9. The van der Waals surface area contributed by atoms with Crippen molar-refractivity contribution in [3.05, 3.63) is 17.7 Å². The quantitative estimate of drug-likeness (QED) is 0.893. The highest BCUT2D eigenvalue weighted by Gasteiger charge is 2.22. The number of hydrogen-bond donors (Lipinski definition) is 1. The standard InChI is InChI=1S/C13H20N4OS/c1-9(2)12-15-8-10(14)11(16-12)13(18)17-4-3-6-19-7-5-17/h8-9H,3-7,14H2,1-2H3. The summed E-state index contributed by atoms with van der Waals surface area (Å²) in [6, 6.07) is 0. The van der Waals surface area contributed by atoms with Crippen molar-refractivity contribution in [3.63, 3.8) is 0 Å². The Bertz CT molecular complexity index is 456. The molecule has 1 aromatic rings. The minimum absolute atomic E-state index is 0.0655. The van der Waals surface area contributed by atoms with Gasteiger partial charge >= 0.3 is 0 Å². The van der Waals surface area contributed by atoms with E-state index in [1.54, 1.807) is 6.20 Å². The molecule has 6 heteroatoms. The fourth-order valence-electron chi connectivity index (χ4n) is 1.95. The van der Waals surface area contributed by atoms with Gasteiger partial charge in [-0.05, 0) is 12.2 Å². The Labute approximate surface area is 118 Å². The third-order valence-electron chi connectivity index (χ3n) is 3.06. The van der Waals surface area contributed by atoms with Gasteiger partial charge in [-0.25, -0.2) is 9.97 Å². The molecule has 1 saturated heterocycles. The van der Waals surface area contributed by atoms with E-state index < -0.39 is 0 Å². The SMILES string of the molecule is CC(C)c1ncc(N)c(C(=O)N2CCCSCC2)n1. The number of aromatic nitrogens is 2. The van der Waals surface area contributed by atoms with Gasteiger partial charge in [0.05, 0.1) is 11.9 Å². The molecule has 1 amide bonds. The third-order valence-corrected chi connectivity index (χ3v) is 4.11. The van der Waals surface area contributed by atoms with Gasteiger partial charge in [-0.15, -0.1) is 0 Å². The van der Waals surface area contributed by atoms with Gasteiger partial charge in [-0.3, -0.25) is 4.79 Å². The Balaban J connectivity index is 2.24. The maximum Gasteiger partial charge on any atom is 0.274 e. The topological polar surface area (TPSA) is 72.1 Å². The van der Waals surface area contributed by atoms with Crippen LogP contribution in [0.5, 0.6) is 0 Å². The Morgan fingerprint density at radius 1 is 1.42 bits per heavy atom. The lowest BCUT2D eigenvalue weighted by atomic mass is 10.2. The molecule has 0 aliphatic carbocycles. The monoisotopic (exact) mass is 280 g/mol. The van der Waals surface area contributed by atoms with Gasteiger partial charge in [0.2, 0.25) is 0 Å². The molecule has 1 aliphatic heterocycles. The first-order chi connectivity index (χ1) is 9.09. The van der Waals surface area contributed by atoms with Crippen molar-refractivity contribution in [1.82, 2.24) is 14.9 Å². The first-order valence-corrected chi connectivity index (χ1v) is 7.74. The van der Waals surface area contributed by atoms with Gasteiger partial charge in [-0.1, -0.05) is 13.8 Å². The predicted molar refractivity (Wildman–Crippen MR) is 78.4 cm³/mol. The number of nitrogens with two attached hydrogens (primary N) is 1. The van der Waals surface area contributed by atoms with Gasteiger partial charge in [0, 0.05) is 24.8 Å². The van der Waals surface area contributed by atoms with Crippen LogP contribution in [0.1, 0.15) is 42.5 Å². The van der Waals surface area contributed by atoms with Gasteiger partial charge in [0.25, 0.3) is 5.91 Å². The van der Waals surface area contributed by atoms with Crippen LogP contribution in [0.4, 0.5) is 5.69 Å². The van der Waals surface area contributed by atoms with E-state index in [0.29, 0.717) is 17.2 Å². The number of hydrogen-bond acceptors (Lipinski definition) is 5. The molecule has 0 bridgehead atoms. The number of carbonyl (C=O) groups excluding carboxylic acids is 1. The summed E-state index contributed by atoms with van der Waals surface area (Å²) >= 11 is 1.89. The van der Waals surface area contributed by atoms with Crippen LogP contribution in [0.2, 0.25) is 0 Å². The molecule has 19 heavy (non-hydrogen) atoms. The molecule has 1 aromatic heterocycles. The first kappa shape index (κ1) is 14.1. The lowest BCUT2D eigenvalue weighted by molar-refractivity contribution is 0.0763. The zero-order valence-electron chi connectivity index (χ0n) is 11.4. The molecule has 0 unspecified atom stereocenters. The number of anilines is 1. The summed E-state index contributed by atoms with van der Waals surface area (Å²) in [7, 11) is 0. The van der Waals surface area contributed by atoms with Crippen LogP contribution in [-0.2, 0) is 0 Å². The lowest BCUT2D eigenvalue weighted by Crippen LogP contribution is -2.34. The van der Waals surface area contributed by atoms with Crippen LogP contribution in [0, 0.1) is 0 Å². The summed E-state index contributed by atoms with van der Waals surface area (Å²) in [5.41, 5.74) is 6.58. The third kappa shape index (κ3) is 3.37. The highest BCUT2D eigenvalue weighted by molar-refractivity contribution is 7.99. The van der Waals surface area contributed by atoms with Crippen molar-refractivity contribution < 1.29 is 4.79 Å². The van der Waals surface area contributed by atoms with E-state index in [9.17, 15) is 4.79 Å². The first-order valence-electron chi connectivity index (χ1n) is 6.59. The van der Waals surface area contributed by atoms with Crippen LogP contribution < -0.4 is 5.73 Å². The molecule has 1 fully saturated rings. The van der Waals surface area contributed by atoms with E-state index in [4.69, 9.17) is 5.73 Å². The molecule has 2 N–H and O–H groups in total. The molecular formula is C13H20N4OS. The predicted octanol–water partition coefficient (Wildman–Crippen LogP) is 1.76. The van der Waals surface area contributed by atoms with Crippen LogP contribution in [-0.4, -0.2) is 45.4 Å². The van der Waals surface area contributed by atoms with Gasteiger partial charge in [-0.2, -0.15) is 11.8 Å². The Hall–Kier alpha value is -1.30. The highest BCUT2D eigenvalue weighted by Crippen LogP contribution is 2.17. The van der Waals surface area contributed by atoms with Crippen molar-refractivity contribution in [2.75, 3.05) is 30.3 Å². The largest absolute Gasteiger partial charge is 0.396 e. The highest BCUT2D eigenvalue weighted by atomic mass is 32.2. The van der Waals surface area contributed by atoms with E-state index in [1.165, 1.54) is 0 Å². The number of carbonyl (C=O) groups is 1. The maximum absolute atomic E-state index is 12.5. The smallest absolute Gasteiger partial charge is 0.274 e. The van der Waals surface area contributed by atoms with Crippen molar-refractivity contribution in [1.29, 1.82) is 0 Å². The van der Waals surface area contributed by atoms with Crippen molar-refractivity contribution >= 4 is 23.4 Å². The Morgan fingerprint density at radius 2 is 2.21 bits per heavy atom. The molecule has 0 aromatic carbocycles. The second-order valence-corrected chi connectivity index (χ2v) is 6.17. The number of nitrogens with zero attached hydrogens (tertiary/aromatic N) is 3. The summed E-state index contributed by atoms with van der Waals surface area (Å²) in [5, 5.41) is 0. The number of thioether (sulfide) groups is 1. The minimum Gasteiger partial charge on any atom is -0.396 e. The van der Waals surface area contributed by atoms with E-state index in [2.05, 4.69) is 9.97 Å². The molecule has 2 heterocycles. The normalized spacial score (nSPS) is 16.5.